The number of epoxide rings is 1. The molecule has 4 saturated carbocycles. The van der Waals surface area contributed by atoms with Crippen LogP contribution in [0, 0.1) is 28.6 Å². The Balaban J connectivity index is 1.23. The van der Waals surface area contributed by atoms with E-state index in [0.29, 0.717) is 17.8 Å². The molecular formula is C31H36O8. The molecule has 1 saturated heterocycles. The lowest BCUT2D eigenvalue weighted by atomic mass is 9.44. The molecule has 0 radical (unpaired) electrons. The van der Waals surface area contributed by atoms with Crippen molar-refractivity contribution in [2.75, 3.05) is 0 Å². The van der Waals surface area contributed by atoms with E-state index >= 15 is 0 Å². The van der Waals surface area contributed by atoms with Gasteiger partial charge in [0.05, 0.1) is 12.5 Å². The van der Waals surface area contributed by atoms with Gasteiger partial charge in [-0.05, 0) is 91.9 Å². The first-order valence-corrected chi connectivity index (χ1v) is 14.4. The molecule has 2 aromatic heterocycles. The minimum absolute atomic E-state index is 0.0167. The summed E-state index contributed by atoms with van der Waals surface area (Å²) in [7, 11) is 0. The van der Waals surface area contributed by atoms with Gasteiger partial charge in [-0.15, -0.1) is 0 Å². The number of esters is 2. The third-order valence-electron chi connectivity index (χ3n) is 11.4. The first-order valence-electron chi connectivity index (χ1n) is 14.4. The van der Waals surface area contributed by atoms with Crippen LogP contribution >= 0.6 is 0 Å². The van der Waals surface area contributed by atoms with E-state index < -0.39 is 23.3 Å². The summed E-state index contributed by atoms with van der Waals surface area (Å²) in [6.07, 6.45) is 9.27. The molecule has 4 aliphatic carbocycles. The van der Waals surface area contributed by atoms with Gasteiger partial charge in [0.1, 0.15) is 23.9 Å². The quantitative estimate of drug-likeness (QED) is 0.385. The van der Waals surface area contributed by atoms with Crippen molar-refractivity contribution in [2.45, 2.75) is 95.5 Å². The summed E-state index contributed by atoms with van der Waals surface area (Å²) in [6, 6.07) is 6.54. The van der Waals surface area contributed by atoms with Gasteiger partial charge in [0.25, 0.3) is 0 Å². The minimum atomic E-state index is -0.510. The predicted octanol–water partition coefficient (Wildman–Crippen LogP) is 5.26. The van der Waals surface area contributed by atoms with Crippen LogP contribution in [0.25, 0.3) is 0 Å². The topological polar surface area (TPSA) is 108 Å². The Morgan fingerprint density at radius 1 is 0.974 bits per heavy atom. The number of ether oxygens (including phenoxy) is 3. The third kappa shape index (κ3) is 3.49. The first kappa shape index (κ1) is 25.1. The van der Waals surface area contributed by atoms with E-state index in [-0.39, 0.29) is 40.7 Å². The predicted molar refractivity (Wildman–Crippen MR) is 138 cm³/mol. The Bertz CT molecular complexity index is 1330. The number of hydrogen-bond acceptors (Lipinski definition) is 8. The molecule has 0 unspecified atom stereocenters. The first-order chi connectivity index (χ1) is 18.7. The zero-order chi connectivity index (χ0) is 27.2. The van der Waals surface area contributed by atoms with E-state index in [0.717, 1.165) is 50.5 Å². The highest BCUT2D eigenvalue weighted by Crippen LogP contribution is 2.78. The lowest BCUT2D eigenvalue weighted by molar-refractivity contribution is -0.164. The van der Waals surface area contributed by atoms with E-state index in [2.05, 4.69) is 13.8 Å². The molecule has 3 heterocycles. The van der Waals surface area contributed by atoms with Crippen LogP contribution in [-0.2, 0) is 19.0 Å². The summed E-state index contributed by atoms with van der Waals surface area (Å²) in [5.41, 5.74) is -0.0630. The molecule has 208 valence electrons. The SMILES string of the molecule is CC(=O)O[C@H]1CC[C@@]2(C)[C@H](CC[C@@H]3[C@@H]2CC[C@]2(C)[C@@H](c4ccc(=O)oc4)[C@@H](OC(=O)c4ccco4)[C@H]4O[C@]342)C1. The number of hydrogen-bond donors (Lipinski definition) is 0. The van der Waals surface area contributed by atoms with Crippen molar-refractivity contribution < 1.29 is 32.6 Å². The van der Waals surface area contributed by atoms with Gasteiger partial charge in [0.15, 0.2) is 0 Å². The van der Waals surface area contributed by atoms with Gasteiger partial charge in [0, 0.05) is 24.3 Å². The molecule has 5 aliphatic rings. The molecule has 39 heavy (non-hydrogen) atoms. The number of carbonyl (C=O) groups is 2. The normalized spacial score (nSPS) is 43.8. The van der Waals surface area contributed by atoms with Gasteiger partial charge >= 0.3 is 17.6 Å². The fourth-order valence-corrected chi connectivity index (χ4v) is 9.81. The molecule has 0 aromatic carbocycles. The van der Waals surface area contributed by atoms with Crippen molar-refractivity contribution in [1.29, 1.82) is 0 Å². The van der Waals surface area contributed by atoms with E-state index in [1.54, 1.807) is 12.1 Å². The number of rotatable bonds is 4. The molecule has 10 atom stereocenters. The molecule has 1 aliphatic heterocycles. The van der Waals surface area contributed by atoms with E-state index in [1.807, 2.05) is 6.07 Å². The monoisotopic (exact) mass is 536 g/mol. The summed E-state index contributed by atoms with van der Waals surface area (Å²) < 4.78 is 29.2. The highest BCUT2D eigenvalue weighted by atomic mass is 16.7. The lowest BCUT2D eigenvalue weighted by Gasteiger charge is -2.61. The maximum atomic E-state index is 13.1. The maximum Gasteiger partial charge on any atom is 0.374 e. The van der Waals surface area contributed by atoms with Crippen molar-refractivity contribution >= 4 is 11.9 Å². The van der Waals surface area contributed by atoms with Gasteiger partial charge in [-0.1, -0.05) is 13.8 Å². The highest BCUT2D eigenvalue weighted by molar-refractivity contribution is 5.86. The fraction of sp³-hybridized carbons (Fsp3) is 0.645. The summed E-state index contributed by atoms with van der Waals surface area (Å²) in [4.78, 5) is 36.6. The highest BCUT2D eigenvalue weighted by Gasteiger charge is 2.84. The second-order valence-corrected chi connectivity index (χ2v) is 13.0. The molecule has 8 nitrogen and oxygen atoms in total. The van der Waals surface area contributed by atoms with Gasteiger partial charge in [-0.25, -0.2) is 9.59 Å². The standard InChI is InChI=1S/C31H36O8/c1-17(32)37-20-10-12-29(2)19(15-20)7-8-22-21(29)11-13-30(3)25(18-6-9-24(33)36-16-18)26(27-31(22,30)39-27)38-28(34)23-5-4-14-35-23/h4-6,9,14,16,19-22,25-27H,7-8,10-13,15H2,1-3H3/t19-,20+,21+,22-,25+,26-,27-,29+,30-,31-/m1/s1. The van der Waals surface area contributed by atoms with Crippen molar-refractivity contribution in [1.82, 2.24) is 0 Å². The fourth-order valence-electron chi connectivity index (χ4n) is 9.81. The lowest BCUT2D eigenvalue weighted by Crippen LogP contribution is -2.58. The largest absolute Gasteiger partial charge is 0.463 e. The Morgan fingerprint density at radius 3 is 2.54 bits per heavy atom. The molecule has 0 bridgehead atoms. The molecule has 1 spiro atoms. The van der Waals surface area contributed by atoms with E-state index in [9.17, 15) is 14.4 Å². The average molecular weight is 537 g/mol. The van der Waals surface area contributed by atoms with E-state index in [1.165, 1.54) is 25.5 Å². The second kappa shape index (κ2) is 8.56. The van der Waals surface area contributed by atoms with Gasteiger partial charge < -0.3 is 23.0 Å². The zero-order valence-corrected chi connectivity index (χ0v) is 22.7. The molecule has 0 amide bonds. The summed E-state index contributed by atoms with van der Waals surface area (Å²) in [5.74, 6) is 0.658. The molecule has 0 N–H and O–H groups in total. The van der Waals surface area contributed by atoms with E-state index in [4.69, 9.17) is 23.0 Å². The minimum Gasteiger partial charge on any atom is -0.463 e. The van der Waals surface area contributed by atoms with Crippen LogP contribution in [0.5, 0.6) is 0 Å². The maximum absolute atomic E-state index is 13.1. The van der Waals surface area contributed by atoms with Crippen LogP contribution in [0.15, 0.2) is 50.4 Å². The Kier molecular flexibility index (Phi) is 5.52. The molecular weight excluding hydrogens is 500 g/mol. The van der Waals surface area contributed by atoms with Crippen molar-refractivity contribution in [3.05, 3.63) is 58.5 Å². The second-order valence-electron chi connectivity index (χ2n) is 13.0. The van der Waals surface area contributed by atoms with Gasteiger partial charge in [-0.2, -0.15) is 0 Å². The summed E-state index contributed by atoms with van der Waals surface area (Å²) in [5, 5.41) is 0. The average Bonchev–Trinajstić information content (AvgIpc) is 3.30. The van der Waals surface area contributed by atoms with Crippen LogP contribution in [0.4, 0.5) is 0 Å². The van der Waals surface area contributed by atoms with Crippen LogP contribution in [0.3, 0.4) is 0 Å². The molecule has 5 fully saturated rings. The van der Waals surface area contributed by atoms with Crippen molar-refractivity contribution in [3.8, 4) is 0 Å². The number of carbonyl (C=O) groups excluding carboxylic acids is 2. The zero-order valence-electron chi connectivity index (χ0n) is 22.7. The van der Waals surface area contributed by atoms with Crippen molar-refractivity contribution in [3.63, 3.8) is 0 Å². The Morgan fingerprint density at radius 2 is 1.82 bits per heavy atom. The molecule has 7 rings (SSSR count). The summed E-state index contributed by atoms with van der Waals surface area (Å²) >= 11 is 0. The van der Waals surface area contributed by atoms with Gasteiger partial charge in [-0.3, -0.25) is 4.79 Å². The number of fused-ring (bicyclic) bond motifs is 3. The van der Waals surface area contributed by atoms with Crippen molar-refractivity contribution in [2.24, 2.45) is 28.6 Å². The Hall–Kier alpha value is -2.87. The van der Waals surface area contributed by atoms with Crippen LogP contribution in [0.2, 0.25) is 0 Å². The molecule has 2 aromatic rings. The Labute approximate surface area is 227 Å². The summed E-state index contributed by atoms with van der Waals surface area (Å²) in [6.45, 7) is 6.23. The number of furan rings is 1. The van der Waals surface area contributed by atoms with Gasteiger partial charge in [0.2, 0.25) is 5.76 Å². The van der Waals surface area contributed by atoms with Crippen LogP contribution in [-0.4, -0.2) is 35.9 Å². The van der Waals surface area contributed by atoms with Crippen LogP contribution < -0.4 is 5.63 Å². The molecule has 8 heteroatoms. The van der Waals surface area contributed by atoms with Crippen LogP contribution in [0.1, 0.15) is 87.8 Å². The third-order valence-corrected chi connectivity index (χ3v) is 11.4. The smallest absolute Gasteiger partial charge is 0.374 e.